The monoisotopic (exact) mass is 327 g/mol. The van der Waals surface area contributed by atoms with Gasteiger partial charge in [-0.3, -0.25) is 4.79 Å². The fourth-order valence-corrected chi connectivity index (χ4v) is 3.67. The van der Waals surface area contributed by atoms with E-state index in [0.717, 1.165) is 22.1 Å². The third kappa shape index (κ3) is 3.30. The number of methoxy groups -OCH3 is 1. The Morgan fingerprint density at radius 2 is 1.92 bits per heavy atom. The topological polar surface area (TPSA) is 49.8 Å². The molecule has 0 aromatic heterocycles. The van der Waals surface area contributed by atoms with Gasteiger partial charge in [-0.1, -0.05) is 18.2 Å². The van der Waals surface area contributed by atoms with E-state index in [1.165, 1.54) is 0 Å². The van der Waals surface area contributed by atoms with Crippen LogP contribution >= 0.6 is 0 Å². The first-order valence-electron chi connectivity index (χ1n) is 8.39. The Bertz CT molecular complexity index is 756. The van der Waals surface area contributed by atoms with Crippen LogP contribution in [0.5, 0.6) is 5.75 Å². The number of fused-ring (bicyclic) bond motifs is 1. The number of ether oxygens (including phenoxy) is 1. The van der Waals surface area contributed by atoms with Gasteiger partial charge in [-0.05, 0) is 61.5 Å². The van der Waals surface area contributed by atoms with E-state index in [1.54, 1.807) is 7.11 Å². The molecule has 2 unspecified atom stereocenters. The van der Waals surface area contributed by atoms with Gasteiger partial charge in [0, 0.05) is 18.9 Å². The van der Waals surface area contributed by atoms with Crippen molar-refractivity contribution in [3.05, 3.63) is 42.0 Å². The minimum Gasteiger partial charge on any atom is -0.497 e. The molecular formula is C20H25NO3. The molecule has 0 radical (unpaired) electrons. The van der Waals surface area contributed by atoms with Crippen molar-refractivity contribution in [2.45, 2.75) is 24.9 Å². The van der Waals surface area contributed by atoms with Crippen LogP contribution in [0.4, 0.5) is 0 Å². The van der Waals surface area contributed by atoms with Gasteiger partial charge in [0.2, 0.25) is 0 Å². The Balaban J connectivity index is 1.91. The predicted octanol–water partition coefficient (Wildman–Crippen LogP) is 2.97. The number of hydrogen-bond acceptors (Lipinski definition) is 4. The summed E-state index contributed by atoms with van der Waals surface area (Å²) in [6.45, 7) is 0.686. The van der Waals surface area contributed by atoms with Crippen molar-refractivity contribution in [3.8, 4) is 5.75 Å². The fourth-order valence-electron chi connectivity index (χ4n) is 3.67. The molecule has 0 bridgehead atoms. The highest BCUT2D eigenvalue weighted by atomic mass is 16.5. The van der Waals surface area contributed by atoms with Crippen LogP contribution in [0.25, 0.3) is 10.8 Å². The van der Waals surface area contributed by atoms with Crippen molar-refractivity contribution >= 4 is 16.6 Å². The number of benzene rings is 2. The maximum atomic E-state index is 12.2. The zero-order valence-electron chi connectivity index (χ0n) is 14.6. The van der Waals surface area contributed by atoms with Crippen LogP contribution in [-0.4, -0.2) is 43.5 Å². The van der Waals surface area contributed by atoms with Crippen LogP contribution in [0.1, 0.15) is 24.8 Å². The molecule has 128 valence electrons. The number of ketones is 1. The minimum atomic E-state index is -0.928. The van der Waals surface area contributed by atoms with Gasteiger partial charge in [-0.2, -0.15) is 0 Å². The lowest BCUT2D eigenvalue weighted by atomic mass is 9.73. The summed E-state index contributed by atoms with van der Waals surface area (Å²) >= 11 is 0. The maximum absolute atomic E-state index is 12.2. The van der Waals surface area contributed by atoms with Gasteiger partial charge in [0.15, 0.2) is 0 Å². The van der Waals surface area contributed by atoms with E-state index < -0.39 is 5.60 Å². The molecule has 24 heavy (non-hydrogen) atoms. The van der Waals surface area contributed by atoms with E-state index in [9.17, 15) is 9.90 Å². The third-order valence-corrected chi connectivity index (χ3v) is 4.99. The molecule has 0 aliphatic heterocycles. The summed E-state index contributed by atoms with van der Waals surface area (Å²) < 4.78 is 5.26. The molecule has 0 spiro atoms. The van der Waals surface area contributed by atoms with E-state index >= 15 is 0 Å². The number of Topliss-reactive ketones (excluding diaryl/α,β-unsaturated/α-hetero) is 1. The largest absolute Gasteiger partial charge is 0.497 e. The van der Waals surface area contributed by atoms with Gasteiger partial charge in [-0.25, -0.2) is 0 Å². The van der Waals surface area contributed by atoms with Crippen LogP contribution < -0.4 is 4.74 Å². The first-order chi connectivity index (χ1) is 11.4. The normalized spacial score (nSPS) is 24.5. The van der Waals surface area contributed by atoms with Gasteiger partial charge < -0.3 is 14.7 Å². The SMILES string of the molecule is COc1ccc2cc(C3(O)CCC(=O)C(CN(C)C)C3)ccc2c1. The molecule has 4 nitrogen and oxygen atoms in total. The third-order valence-electron chi connectivity index (χ3n) is 4.99. The fraction of sp³-hybridized carbons (Fsp3) is 0.450. The number of nitrogens with zero attached hydrogens (tertiary/aromatic N) is 1. The first kappa shape index (κ1) is 16.9. The molecule has 1 aliphatic carbocycles. The van der Waals surface area contributed by atoms with Gasteiger partial charge >= 0.3 is 0 Å². The summed E-state index contributed by atoms with van der Waals surface area (Å²) in [5, 5.41) is 13.4. The molecule has 2 aromatic carbocycles. The van der Waals surface area contributed by atoms with Crippen molar-refractivity contribution in [1.82, 2.24) is 4.90 Å². The second-order valence-electron chi connectivity index (χ2n) is 7.09. The average Bonchev–Trinajstić information content (AvgIpc) is 2.57. The van der Waals surface area contributed by atoms with Crippen molar-refractivity contribution < 1.29 is 14.6 Å². The van der Waals surface area contributed by atoms with Gasteiger partial charge in [0.25, 0.3) is 0 Å². The highest BCUT2D eigenvalue weighted by molar-refractivity contribution is 5.85. The van der Waals surface area contributed by atoms with Crippen LogP contribution in [0.2, 0.25) is 0 Å². The average molecular weight is 327 g/mol. The second kappa shape index (κ2) is 6.54. The zero-order valence-corrected chi connectivity index (χ0v) is 14.6. The molecule has 1 fully saturated rings. The lowest BCUT2D eigenvalue weighted by Crippen LogP contribution is -2.41. The van der Waals surface area contributed by atoms with Crippen molar-refractivity contribution in [3.63, 3.8) is 0 Å². The van der Waals surface area contributed by atoms with Crippen molar-refractivity contribution in [2.24, 2.45) is 5.92 Å². The molecule has 0 saturated heterocycles. The van der Waals surface area contributed by atoms with Crippen LogP contribution in [0.3, 0.4) is 0 Å². The smallest absolute Gasteiger partial charge is 0.137 e. The molecular weight excluding hydrogens is 302 g/mol. The number of aliphatic hydroxyl groups is 1. The molecule has 1 aliphatic rings. The van der Waals surface area contributed by atoms with E-state index in [0.29, 0.717) is 25.8 Å². The van der Waals surface area contributed by atoms with E-state index in [4.69, 9.17) is 4.74 Å². The molecule has 0 amide bonds. The highest BCUT2D eigenvalue weighted by Gasteiger charge is 2.40. The standard InChI is InChI=1S/C20H25NO3/c1-21(2)13-16-12-20(23,9-8-19(16)22)17-6-4-15-11-18(24-3)7-5-14(15)10-17/h4-7,10-11,16,23H,8-9,12-13H2,1-3H3. The number of rotatable bonds is 4. The Hall–Kier alpha value is -1.91. The minimum absolute atomic E-state index is 0.106. The van der Waals surface area contributed by atoms with Crippen LogP contribution in [-0.2, 0) is 10.4 Å². The molecule has 1 saturated carbocycles. The van der Waals surface area contributed by atoms with Gasteiger partial charge in [0.05, 0.1) is 12.7 Å². The summed E-state index contributed by atoms with van der Waals surface area (Å²) in [6, 6.07) is 12.0. The van der Waals surface area contributed by atoms with E-state index in [-0.39, 0.29) is 11.7 Å². The van der Waals surface area contributed by atoms with Crippen LogP contribution in [0.15, 0.2) is 36.4 Å². The molecule has 4 heteroatoms. The summed E-state index contributed by atoms with van der Waals surface area (Å²) in [5.41, 5.74) is -0.0284. The number of hydrogen-bond donors (Lipinski definition) is 1. The lowest BCUT2D eigenvalue weighted by Gasteiger charge is -2.37. The zero-order chi connectivity index (χ0) is 17.3. The van der Waals surface area contributed by atoms with E-state index in [2.05, 4.69) is 0 Å². The number of carbonyl (C=O) groups is 1. The highest BCUT2D eigenvalue weighted by Crippen LogP contribution is 2.39. The Morgan fingerprint density at radius 1 is 1.21 bits per heavy atom. The summed E-state index contributed by atoms with van der Waals surface area (Å²) in [7, 11) is 5.58. The first-order valence-corrected chi connectivity index (χ1v) is 8.39. The van der Waals surface area contributed by atoms with Crippen molar-refractivity contribution in [1.29, 1.82) is 0 Å². The van der Waals surface area contributed by atoms with Crippen molar-refractivity contribution in [2.75, 3.05) is 27.7 Å². The Labute approximate surface area is 143 Å². The molecule has 0 heterocycles. The molecule has 1 N–H and O–H groups in total. The molecule has 2 aromatic rings. The second-order valence-corrected chi connectivity index (χ2v) is 7.09. The quantitative estimate of drug-likeness (QED) is 0.938. The summed E-state index contributed by atoms with van der Waals surface area (Å²) in [4.78, 5) is 14.2. The molecule has 2 atom stereocenters. The maximum Gasteiger partial charge on any atom is 0.137 e. The predicted molar refractivity (Wildman–Crippen MR) is 95.3 cm³/mol. The Morgan fingerprint density at radius 3 is 2.62 bits per heavy atom. The van der Waals surface area contributed by atoms with E-state index in [1.807, 2.05) is 55.4 Å². The van der Waals surface area contributed by atoms with Crippen LogP contribution in [0, 0.1) is 5.92 Å². The number of carbonyl (C=O) groups excluding carboxylic acids is 1. The lowest BCUT2D eigenvalue weighted by molar-refractivity contribution is -0.132. The van der Waals surface area contributed by atoms with Gasteiger partial charge in [0.1, 0.15) is 11.5 Å². The summed E-state index contributed by atoms with van der Waals surface area (Å²) in [6.07, 6.45) is 1.43. The Kier molecular flexibility index (Phi) is 4.61. The van der Waals surface area contributed by atoms with Gasteiger partial charge in [-0.15, -0.1) is 0 Å². The molecule has 3 rings (SSSR count). The summed E-state index contributed by atoms with van der Waals surface area (Å²) in [5.74, 6) is 0.979.